The van der Waals surface area contributed by atoms with Crippen molar-refractivity contribution in [2.75, 3.05) is 13.2 Å². The summed E-state index contributed by atoms with van der Waals surface area (Å²) in [6.45, 7) is 1.50. The minimum Gasteiger partial charge on any atom is -0.395 e. The van der Waals surface area contributed by atoms with Crippen molar-refractivity contribution in [2.45, 2.75) is 24.3 Å². The van der Waals surface area contributed by atoms with Crippen LogP contribution < -0.4 is 0 Å². The normalized spacial score (nSPS) is 12.8. The maximum absolute atomic E-state index is 12.9. The van der Waals surface area contributed by atoms with Crippen LogP contribution in [0.5, 0.6) is 0 Å². The second kappa shape index (κ2) is 8.11. The Bertz CT molecular complexity index is 793. The lowest BCUT2D eigenvalue weighted by Crippen LogP contribution is -2.44. The summed E-state index contributed by atoms with van der Waals surface area (Å²) in [4.78, 5) is 0.176. The Kier molecular flexibility index (Phi) is 6.16. The third kappa shape index (κ3) is 4.24. The van der Waals surface area contributed by atoms with Crippen LogP contribution in [0.4, 0.5) is 0 Å². The Morgan fingerprint density at radius 1 is 1.12 bits per heavy atom. The lowest BCUT2D eigenvalue weighted by atomic mass is 10.1. The molecule has 2 aromatic carbocycles. The number of aryl methyl sites for hydroxylation is 1. The van der Waals surface area contributed by atoms with Crippen molar-refractivity contribution in [1.82, 2.24) is 4.31 Å². The summed E-state index contributed by atoms with van der Waals surface area (Å²) < 4.78 is 27.1. The zero-order chi connectivity index (χ0) is 17.6. The summed E-state index contributed by atoms with van der Waals surface area (Å²) in [5, 5.41) is 9.76. The van der Waals surface area contributed by atoms with E-state index in [2.05, 4.69) is 5.92 Å². The third-order valence-corrected chi connectivity index (χ3v) is 5.72. The van der Waals surface area contributed by atoms with Gasteiger partial charge in [0.1, 0.15) is 0 Å². The summed E-state index contributed by atoms with van der Waals surface area (Å²) in [5.41, 5.74) is 1.91. The smallest absolute Gasteiger partial charge is 0.244 e. The molecule has 24 heavy (non-hydrogen) atoms. The SMILES string of the molecule is C#CCN([C@H](CO)Cc1ccccc1)S(=O)(=O)c1ccc(C)cc1. The Labute approximate surface area is 143 Å². The second-order valence-corrected chi connectivity index (χ2v) is 7.48. The van der Waals surface area contributed by atoms with Gasteiger partial charge in [0.2, 0.25) is 10.0 Å². The van der Waals surface area contributed by atoms with Gasteiger partial charge >= 0.3 is 0 Å². The van der Waals surface area contributed by atoms with Gasteiger partial charge in [0.25, 0.3) is 0 Å². The minimum absolute atomic E-state index is 0.0890. The topological polar surface area (TPSA) is 57.6 Å². The molecule has 0 aliphatic rings. The number of aliphatic hydroxyl groups is 1. The van der Waals surface area contributed by atoms with Crippen molar-refractivity contribution in [3.05, 3.63) is 65.7 Å². The number of terminal acetylenes is 1. The third-order valence-electron chi connectivity index (χ3n) is 3.81. The Morgan fingerprint density at radius 3 is 2.29 bits per heavy atom. The zero-order valence-corrected chi connectivity index (χ0v) is 14.4. The average Bonchev–Trinajstić information content (AvgIpc) is 2.59. The van der Waals surface area contributed by atoms with Crippen LogP contribution in [0.25, 0.3) is 0 Å². The van der Waals surface area contributed by atoms with Crippen molar-refractivity contribution in [1.29, 1.82) is 0 Å². The van der Waals surface area contributed by atoms with Gasteiger partial charge in [0, 0.05) is 0 Å². The molecule has 0 aliphatic heterocycles. The number of benzene rings is 2. The van der Waals surface area contributed by atoms with E-state index in [1.54, 1.807) is 24.3 Å². The summed E-state index contributed by atoms with van der Waals surface area (Å²) in [7, 11) is -3.78. The molecule has 0 heterocycles. The van der Waals surface area contributed by atoms with E-state index in [9.17, 15) is 13.5 Å². The number of aliphatic hydroxyl groups excluding tert-OH is 1. The predicted molar refractivity (Wildman–Crippen MR) is 94.9 cm³/mol. The first kappa shape index (κ1) is 18.2. The lowest BCUT2D eigenvalue weighted by Gasteiger charge is -2.28. The molecule has 4 nitrogen and oxygen atoms in total. The van der Waals surface area contributed by atoms with Crippen molar-refractivity contribution >= 4 is 10.0 Å². The van der Waals surface area contributed by atoms with E-state index in [0.29, 0.717) is 6.42 Å². The van der Waals surface area contributed by atoms with Crippen LogP contribution >= 0.6 is 0 Å². The molecule has 5 heteroatoms. The fraction of sp³-hybridized carbons (Fsp3) is 0.263. The Morgan fingerprint density at radius 2 is 1.75 bits per heavy atom. The van der Waals surface area contributed by atoms with Crippen LogP contribution in [0.15, 0.2) is 59.5 Å². The maximum Gasteiger partial charge on any atom is 0.244 e. The molecule has 0 spiro atoms. The first-order valence-electron chi connectivity index (χ1n) is 7.66. The van der Waals surface area contributed by atoms with E-state index in [0.717, 1.165) is 11.1 Å². The van der Waals surface area contributed by atoms with Gasteiger partial charge in [-0.05, 0) is 31.0 Å². The molecule has 1 atom stereocenters. The number of rotatable bonds is 7. The Hall–Kier alpha value is -2.13. The van der Waals surface area contributed by atoms with Crippen molar-refractivity contribution in [3.63, 3.8) is 0 Å². The average molecular weight is 343 g/mol. The molecule has 0 aliphatic carbocycles. The van der Waals surface area contributed by atoms with E-state index in [4.69, 9.17) is 6.42 Å². The number of sulfonamides is 1. The molecule has 2 rings (SSSR count). The summed E-state index contributed by atoms with van der Waals surface area (Å²) in [6, 6.07) is 15.4. The quantitative estimate of drug-likeness (QED) is 0.784. The van der Waals surface area contributed by atoms with Gasteiger partial charge in [-0.25, -0.2) is 8.42 Å². The molecule has 2 aromatic rings. The summed E-state index contributed by atoms with van der Waals surface area (Å²) in [5.74, 6) is 2.39. The number of nitrogens with zero attached hydrogens (tertiary/aromatic N) is 1. The molecule has 0 fully saturated rings. The fourth-order valence-electron chi connectivity index (χ4n) is 2.49. The van der Waals surface area contributed by atoms with Crippen LogP contribution in [0, 0.1) is 19.3 Å². The minimum atomic E-state index is -3.78. The van der Waals surface area contributed by atoms with Crippen LogP contribution in [0.2, 0.25) is 0 Å². The van der Waals surface area contributed by atoms with Crippen LogP contribution in [-0.4, -0.2) is 37.0 Å². The van der Waals surface area contributed by atoms with Gasteiger partial charge in [-0.1, -0.05) is 53.9 Å². The molecule has 0 aromatic heterocycles. The first-order valence-corrected chi connectivity index (χ1v) is 9.10. The van der Waals surface area contributed by atoms with Crippen LogP contribution in [0.1, 0.15) is 11.1 Å². The highest BCUT2D eigenvalue weighted by Crippen LogP contribution is 2.20. The van der Waals surface area contributed by atoms with Crippen molar-refractivity contribution in [3.8, 4) is 12.3 Å². The highest BCUT2D eigenvalue weighted by Gasteiger charge is 2.30. The number of hydrogen-bond donors (Lipinski definition) is 1. The van der Waals surface area contributed by atoms with Gasteiger partial charge in [-0.15, -0.1) is 6.42 Å². The predicted octanol–water partition coefficient (Wildman–Crippen LogP) is 2.22. The summed E-state index contributed by atoms with van der Waals surface area (Å²) in [6.07, 6.45) is 5.77. The van der Waals surface area contributed by atoms with Gasteiger partial charge in [0.15, 0.2) is 0 Å². The molecule has 0 unspecified atom stereocenters. The molecule has 0 saturated carbocycles. The van der Waals surface area contributed by atoms with E-state index >= 15 is 0 Å². The van der Waals surface area contributed by atoms with E-state index in [-0.39, 0.29) is 18.0 Å². The highest BCUT2D eigenvalue weighted by molar-refractivity contribution is 7.89. The zero-order valence-electron chi connectivity index (χ0n) is 13.6. The molecular weight excluding hydrogens is 322 g/mol. The molecular formula is C19H21NO3S. The lowest BCUT2D eigenvalue weighted by molar-refractivity contribution is 0.194. The molecule has 126 valence electrons. The van der Waals surface area contributed by atoms with Gasteiger partial charge < -0.3 is 5.11 Å². The molecule has 0 bridgehead atoms. The molecule has 0 amide bonds. The van der Waals surface area contributed by atoms with Gasteiger partial charge in [0.05, 0.1) is 24.1 Å². The van der Waals surface area contributed by atoms with E-state index in [1.165, 1.54) is 4.31 Å². The molecule has 1 N–H and O–H groups in total. The van der Waals surface area contributed by atoms with Crippen LogP contribution in [0.3, 0.4) is 0 Å². The van der Waals surface area contributed by atoms with E-state index < -0.39 is 16.1 Å². The standard InChI is InChI=1S/C19H21NO3S/c1-3-13-20(18(15-21)14-17-7-5-4-6-8-17)24(22,23)19-11-9-16(2)10-12-19/h1,4-12,18,21H,13-15H2,2H3/t18-/m0/s1. The van der Waals surface area contributed by atoms with Crippen LogP contribution in [-0.2, 0) is 16.4 Å². The largest absolute Gasteiger partial charge is 0.395 e. The van der Waals surface area contributed by atoms with E-state index in [1.807, 2.05) is 37.3 Å². The van der Waals surface area contributed by atoms with Crippen molar-refractivity contribution < 1.29 is 13.5 Å². The second-order valence-electron chi connectivity index (χ2n) is 5.59. The Balaban J connectivity index is 2.35. The highest BCUT2D eigenvalue weighted by atomic mass is 32.2. The first-order chi connectivity index (χ1) is 11.5. The van der Waals surface area contributed by atoms with Gasteiger partial charge in [-0.2, -0.15) is 4.31 Å². The monoisotopic (exact) mass is 343 g/mol. The fourth-order valence-corrected chi connectivity index (χ4v) is 4.02. The summed E-state index contributed by atoms with van der Waals surface area (Å²) >= 11 is 0. The van der Waals surface area contributed by atoms with Gasteiger partial charge in [-0.3, -0.25) is 0 Å². The van der Waals surface area contributed by atoms with Crippen molar-refractivity contribution in [2.24, 2.45) is 0 Å². The molecule has 0 saturated heterocycles. The maximum atomic E-state index is 12.9. The molecule has 0 radical (unpaired) electrons. The number of hydrogen-bond acceptors (Lipinski definition) is 3.